The molecule has 0 aromatic carbocycles. The van der Waals surface area contributed by atoms with E-state index in [2.05, 4.69) is 5.73 Å². The molecule has 0 rings (SSSR count). The van der Waals surface area contributed by atoms with E-state index >= 15 is 0 Å². The van der Waals surface area contributed by atoms with Gasteiger partial charge in [0.05, 0.1) is 0 Å². The SMILES string of the molecule is CC(=O)C(=O)C(C)=O.CC(N)=O. The van der Waals surface area contributed by atoms with Crippen molar-refractivity contribution in [3.05, 3.63) is 0 Å². The number of carbonyl (C=O) groups excluding carboxylic acids is 4. The Morgan fingerprint density at radius 2 is 1.00 bits per heavy atom. The zero-order chi connectivity index (χ0) is 10.3. The fourth-order valence-electron chi connectivity index (χ4n) is 0.248. The van der Waals surface area contributed by atoms with Gasteiger partial charge in [-0.1, -0.05) is 0 Å². The van der Waals surface area contributed by atoms with Crippen LogP contribution in [0.5, 0.6) is 0 Å². The van der Waals surface area contributed by atoms with Gasteiger partial charge >= 0.3 is 0 Å². The smallest absolute Gasteiger partial charge is 0.263 e. The third-order valence-corrected chi connectivity index (χ3v) is 0.640. The van der Waals surface area contributed by atoms with Crippen LogP contribution in [0.3, 0.4) is 0 Å². The lowest BCUT2D eigenvalue weighted by atomic mass is 10.2. The summed E-state index contributed by atoms with van der Waals surface area (Å²) in [7, 11) is 0. The van der Waals surface area contributed by atoms with Crippen LogP contribution in [0.1, 0.15) is 20.8 Å². The molecule has 0 heterocycles. The Kier molecular flexibility index (Phi) is 6.77. The normalized spacial score (nSPS) is 7.58. The van der Waals surface area contributed by atoms with Crippen LogP contribution in [0.25, 0.3) is 0 Å². The molecule has 0 fully saturated rings. The first-order valence-corrected chi connectivity index (χ1v) is 3.11. The minimum absolute atomic E-state index is 0.333. The Hall–Kier alpha value is -1.52. The van der Waals surface area contributed by atoms with Crippen LogP contribution in [0.4, 0.5) is 0 Å². The number of rotatable bonds is 2. The number of nitrogens with two attached hydrogens (primary N) is 1. The molecule has 0 spiro atoms. The summed E-state index contributed by atoms with van der Waals surface area (Å²) in [5.41, 5.74) is 4.47. The van der Waals surface area contributed by atoms with Gasteiger partial charge in [-0.25, -0.2) is 0 Å². The van der Waals surface area contributed by atoms with Crippen molar-refractivity contribution in [1.29, 1.82) is 0 Å². The summed E-state index contributed by atoms with van der Waals surface area (Å²) in [6.07, 6.45) is 0. The zero-order valence-corrected chi connectivity index (χ0v) is 7.21. The first kappa shape index (κ1) is 13.1. The number of hydrogen-bond donors (Lipinski definition) is 1. The van der Waals surface area contributed by atoms with E-state index in [4.69, 9.17) is 0 Å². The Labute approximate surface area is 69.9 Å². The Balaban J connectivity index is 0. The number of Topliss-reactive ketones (excluding diaryl/α,β-unsaturated/α-hetero) is 3. The van der Waals surface area contributed by atoms with Crippen LogP contribution in [0.2, 0.25) is 0 Å². The largest absolute Gasteiger partial charge is 0.370 e. The average Bonchev–Trinajstić information content (AvgIpc) is 1.84. The molecule has 0 aliphatic rings. The third kappa shape index (κ3) is 11.3. The molecule has 68 valence electrons. The van der Waals surface area contributed by atoms with E-state index in [1.54, 1.807) is 0 Å². The summed E-state index contributed by atoms with van der Waals surface area (Å²) in [6, 6.07) is 0. The van der Waals surface area contributed by atoms with Crippen LogP contribution < -0.4 is 5.73 Å². The second-order valence-corrected chi connectivity index (χ2v) is 2.05. The van der Waals surface area contributed by atoms with Gasteiger partial charge in [-0.3, -0.25) is 19.2 Å². The molecule has 0 aromatic heterocycles. The number of carbonyl (C=O) groups is 4. The van der Waals surface area contributed by atoms with Crippen LogP contribution in [0, 0.1) is 0 Å². The molecule has 1 amide bonds. The molecule has 12 heavy (non-hydrogen) atoms. The van der Waals surface area contributed by atoms with Gasteiger partial charge in [0.15, 0.2) is 0 Å². The maximum Gasteiger partial charge on any atom is 0.263 e. The highest BCUT2D eigenvalue weighted by molar-refractivity contribution is 6.62. The lowest BCUT2D eigenvalue weighted by Gasteiger charge is -1.81. The van der Waals surface area contributed by atoms with Gasteiger partial charge in [-0.05, 0) is 0 Å². The molecule has 0 saturated carbocycles. The highest BCUT2D eigenvalue weighted by Gasteiger charge is 2.11. The van der Waals surface area contributed by atoms with Crippen molar-refractivity contribution in [3.63, 3.8) is 0 Å². The summed E-state index contributed by atoms with van der Waals surface area (Å²) >= 11 is 0. The summed E-state index contributed by atoms with van der Waals surface area (Å²) < 4.78 is 0. The van der Waals surface area contributed by atoms with Gasteiger partial charge in [0.2, 0.25) is 17.5 Å². The predicted molar refractivity (Wildman–Crippen MR) is 41.2 cm³/mol. The highest BCUT2D eigenvalue weighted by atomic mass is 16.2. The summed E-state index contributed by atoms with van der Waals surface area (Å²) in [5.74, 6) is -2.65. The lowest BCUT2D eigenvalue weighted by Crippen LogP contribution is -2.17. The standard InChI is InChI=1S/C5H6O3.C2H5NO/c1-3(6)5(8)4(2)7;1-2(3)4/h1-2H3;1H3,(H2,3,4). The molecule has 0 unspecified atom stereocenters. The summed E-state index contributed by atoms with van der Waals surface area (Å²) in [6.45, 7) is 3.45. The van der Waals surface area contributed by atoms with Crippen molar-refractivity contribution in [2.75, 3.05) is 0 Å². The minimum Gasteiger partial charge on any atom is -0.370 e. The second kappa shape index (κ2) is 6.21. The summed E-state index contributed by atoms with van der Waals surface area (Å²) in [5, 5.41) is 0. The average molecular weight is 173 g/mol. The Morgan fingerprint density at radius 1 is 0.833 bits per heavy atom. The van der Waals surface area contributed by atoms with Crippen molar-refractivity contribution < 1.29 is 19.2 Å². The molecule has 0 radical (unpaired) electrons. The predicted octanol–water partition coefficient (Wildman–Crippen LogP) is -0.775. The molecule has 0 atom stereocenters. The first-order valence-electron chi connectivity index (χ1n) is 3.11. The van der Waals surface area contributed by atoms with E-state index in [0.717, 1.165) is 13.8 Å². The number of amides is 1. The maximum absolute atomic E-state index is 10.1. The van der Waals surface area contributed by atoms with Gasteiger partial charge in [0, 0.05) is 20.8 Å². The molecule has 0 aliphatic heterocycles. The van der Waals surface area contributed by atoms with Crippen molar-refractivity contribution in [2.45, 2.75) is 20.8 Å². The number of primary amides is 1. The molecular formula is C7H11NO4. The fourth-order valence-corrected chi connectivity index (χ4v) is 0.248. The van der Waals surface area contributed by atoms with Crippen LogP contribution in [-0.2, 0) is 19.2 Å². The van der Waals surface area contributed by atoms with Gasteiger partial charge in [-0.2, -0.15) is 0 Å². The fraction of sp³-hybridized carbons (Fsp3) is 0.429. The topological polar surface area (TPSA) is 94.3 Å². The molecule has 0 saturated heterocycles. The highest BCUT2D eigenvalue weighted by Crippen LogP contribution is 1.75. The molecular weight excluding hydrogens is 162 g/mol. The maximum atomic E-state index is 10.1. The number of hydrogen-bond acceptors (Lipinski definition) is 4. The van der Waals surface area contributed by atoms with E-state index in [0.29, 0.717) is 0 Å². The number of ketones is 3. The second-order valence-electron chi connectivity index (χ2n) is 2.05. The quantitative estimate of drug-likeness (QED) is 0.438. The van der Waals surface area contributed by atoms with E-state index in [9.17, 15) is 19.2 Å². The first-order chi connectivity index (χ1) is 5.29. The Morgan fingerprint density at radius 3 is 1.00 bits per heavy atom. The van der Waals surface area contributed by atoms with E-state index in [1.165, 1.54) is 6.92 Å². The molecule has 5 heteroatoms. The van der Waals surface area contributed by atoms with Crippen molar-refractivity contribution in [3.8, 4) is 0 Å². The molecule has 0 bridgehead atoms. The van der Waals surface area contributed by atoms with E-state index in [1.807, 2.05) is 0 Å². The van der Waals surface area contributed by atoms with E-state index < -0.39 is 17.3 Å². The molecule has 0 aliphatic carbocycles. The summed E-state index contributed by atoms with van der Waals surface area (Å²) in [4.78, 5) is 39.4. The van der Waals surface area contributed by atoms with Gasteiger partial charge in [0.25, 0.3) is 5.78 Å². The lowest BCUT2D eigenvalue weighted by molar-refractivity contribution is -0.142. The van der Waals surface area contributed by atoms with Crippen molar-refractivity contribution >= 4 is 23.3 Å². The van der Waals surface area contributed by atoms with Gasteiger partial charge in [-0.15, -0.1) is 0 Å². The Bertz CT molecular complexity index is 199. The van der Waals surface area contributed by atoms with Crippen molar-refractivity contribution in [2.24, 2.45) is 5.73 Å². The van der Waals surface area contributed by atoms with Crippen LogP contribution >= 0.6 is 0 Å². The zero-order valence-electron chi connectivity index (χ0n) is 7.21. The molecule has 2 N–H and O–H groups in total. The van der Waals surface area contributed by atoms with Gasteiger partial charge in [0.1, 0.15) is 0 Å². The van der Waals surface area contributed by atoms with Gasteiger partial charge < -0.3 is 5.73 Å². The van der Waals surface area contributed by atoms with Crippen LogP contribution in [-0.4, -0.2) is 23.3 Å². The third-order valence-electron chi connectivity index (χ3n) is 0.640. The van der Waals surface area contributed by atoms with E-state index in [-0.39, 0.29) is 5.91 Å². The van der Waals surface area contributed by atoms with Crippen LogP contribution in [0.15, 0.2) is 0 Å². The molecule has 0 aromatic rings. The monoisotopic (exact) mass is 173 g/mol. The molecule has 5 nitrogen and oxygen atoms in total. The van der Waals surface area contributed by atoms with Crippen molar-refractivity contribution in [1.82, 2.24) is 0 Å². The minimum atomic E-state index is -0.926.